The monoisotopic (exact) mass is 407 g/mol. The Balaban J connectivity index is 2.11. The van der Waals surface area contributed by atoms with Gasteiger partial charge in [0.1, 0.15) is 5.82 Å². The summed E-state index contributed by atoms with van der Waals surface area (Å²) in [4.78, 5) is 33.9. The van der Waals surface area contributed by atoms with Gasteiger partial charge in [-0.25, -0.2) is 14.6 Å². The molecule has 0 atom stereocenters. The van der Waals surface area contributed by atoms with Crippen LogP contribution < -0.4 is 10.6 Å². The molecule has 0 fully saturated rings. The maximum absolute atomic E-state index is 11.9. The molecule has 0 aliphatic carbocycles. The number of benzene rings is 1. The van der Waals surface area contributed by atoms with Gasteiger partial charge in [-0.2, -0.15) is 0 Å². The Kier molecular flexibility index (Phi) is 6.46. The van der Waals surface area contributed by atoms with Crippen LogP contribution in [0.15, 0.2) is 42.7 Å². The summed E-state index contributed by atoms with van der Waals surface area (Å²) in [5, 5.41) is 7.25. The van der Waals surface area contributed by atoms with E-state index in [2.05, 4.69) is 20.6 Å². The maximum Gasteiger partial charge on any atom is 0.409 e. The molecule has 0 saturated carbocycles. The first-order valence-electron chi connectivity index (χ1n) is 9.61. The van der Waals surface area contributed by atoms with Crippen molar-refractivity contribution >= 4 is 28.7 Å². The average Bonchev–Trinajstić information content (AvgIpc) is 2.73. The zero-order valence-electron chi connectivity index (χ0n) is 17.5. The lowest BCUT2D eigenvalue weighted by molar-refractivity contribution is 0.131. The molecule has 0 radical (unpaired) electrons. The molecule has 3 amide bonds. The molecule has 156 valence electrons. The Morgan fingerprint density at radius 2 is 1.93 bits per heavy atom. The fourth-order valence-electron chi connectivity index (χ4n) is 3.27. The van der Waals surface area contributed by atoms with Crippen molar-refractivity contribution in [3.05, 3.63) is 54.0 Å². The molecule has 0 saturated heterocycles. The predicted octanol–water partition coefficient (Wildman–Crippen LogP) is 3.94. The number of anilines is 1. The summed E-state index contributed by atoms with van der Waals surface area (Å²) < 4.78 is 4.80. The second-order valence-electron chi connectivity index (χ2n) is 6.88. The van der Waals surface area contributed by atoms with Gasteiger partial charge in [0, 0.05) is 43.6 Å². The van der Waals surface area contributed by atoms with Crippen LogP contribution in [0.1, 0.15) is 18.2 Å². The highest BCUT2D eigenvalue weighted by molar-refractivity contribution is 6.01. The zero-order chi connectivity index (χ0) is 21.7. The molecule has 0 aliphatic heterocycles. The largest absolute Gasteiger partial charge is 0.453 e. The van der Waals surface area contributed by atoms with Crippen LogP contribution in [0.3, 0.4) is 0 Å². The van der Waals surface area contributed by atoms with Crippen LogP contribution in [0.5, 0.6) is 0 Å². The predicted molar refractivity (Wildman–Crippen MR) is 116 cm³/mol. The Hall–Kier alpha value is -3.68. The Labute approximate surface area is 175 Å². The highest BCUT2D eigenvalue weighted by Gasteiger charge is 2.15. The summed E-state index contributed by atoms with van der Waals surface area (Å²) in [5.74, 6) is 0.443. The third-order valence-corrected chi connectivity index (χ3v) is 4.67. The van der Waals surface area contributed by atoms with Crippen molar-refractivity contribution in [2.24, 2.45) is 0 Å². The summed E-state index contributed by atoms with van der Waals surface area (Å²) >= 11 is 0. The second kappa shape index (κ2) is 9.21. The van der Waals surface area contributed by atoms with Crippen LogP contribution >= 0.6 is 0 Å². The fraction of sp³-hybridized carbons (Fsp3) is 0.273. The Morgan fingerprint density at radius 3 is 2.63 bits per heavy atom. The SMILES string of the molecule is CCNC(=O)Nc1cc2c(-c3ccnc(C)c3)ccc(CN(C)C(=O)OC)c2cn1. The summed E-state index contributed by atoms with van der Waals surface area (Å²) in [6.07, 6.45) is 3.07. The topological polar surface area (TPSA) is 96.5 Å². The lowest BCUT2D eigenvalue weighted by Crippen LogP contribution is -2.28. The zero-order valence-corrected chi connectivity index (χ0v) is 17.5. The molecule has 8 nitrogen and oxygen atoms in total. The molecule has 30 heavy (non-hydrogen) atoms. The lowest BCUT2D eigenvalue weighted by Gasteiger charge is -2.18. The van der Waals surface area contributed by atoms with Crippen LogP contribution in [0.25, 0.3) is 21.9 Å². The summed E-state index contributed by atoms with van der Waals surface area (Å²) in [6.45, 7) is 4.67. The van der Waals surface area contributed by atoms with E-state index >= 15 is 0 Å². The average molecular weight is 407 g/mol. The van der Waals surface area contributed by atoms with Crippen molar-refractivity contribution in [1.82, 2.24) is 20.2 Å². The van der Waals surface area contributed by atoms with E-state index < -0.39 is 6.09 Å². The smallest absolute Gasteiger partial charge is 0.409 e. The summed E-state index contributed by atoms with van der Waals surface area (Å²) in [5.41, 5.74) is 3.83. The number of aryl methyl sites for hydroxylation is 1. The Bertz CT molecular complexity index is 1080. The van der Waals surface area contributed by atoms with E-state index in [0.717, 1.165) is 33.2 Å². The number of hydrogen-bond donors (Lipinski definition) is 2. The molecule has 2 aromatic heterocycles. The third-order valence-electron chi connectivity index (χ3n) is 4.67. The minimum atomic E-state index is -0.417. The maximum atomic E-state index is 11.9. The van der Waals surface area contributed by atoms with E-state index in [4.69, 9.17) is 4.74 Å². The lowest BCUT2D eigenvalue weighted by atomic mass is 9.96. The van der Waals surface area contributed by atoms with E-state index in [9.17, 15) is 9.59 Å². The first-order chi connectivity index (χ1) is 14.4. The van der Waals surface area contributed by atoms with Gasteiger partial charge in [0.05, 0.1) is 7.11 Å². The quantitative estimate of drug-likeness (QED) is 0.668. The number of rotatable bonds is 5. The van der Waals surface area contributed by atoms with Crippen LogP contribution in [-0.4, -0.2) is 47.7 Å². The minimum absolute atomic E-state index is 0.313. The van der Waals surface area contributed by atoms with Gasteiger partial charge in [0.2, 0.25) is 0 Å². The van der Waals surface area contributed by atoms with Gasteiger partial charge in [0.15, 0.2) is 0 Å². The number of carbonyl (C=O) groups is 2. The van der Waals surface area contributed by atoms with Gasteiger partial charge >= 0.3 is 12.1 Å². The van der Waals surface area contributed by atoms with E-state index in [0.29, 0.717) is 18.9 Å². The summed E-state index contributed by atoms with van der Waals surface area (Å²) in [7, 11) is 3.03. The molecule has 8 heteroatoms. The van der Waals surface area contributed by atoms with Gasteiger partial charge in [0.25, 0.3) is 0 Å². The number of nitrogens with zero attached hydrogens (tertiary/aromatic N) is 3. The van der Waals surface area contributed by atoms with Gasteiger partial charge in [-0.15, -0.1) is 0 Å². The van der Waals surface area contributed by atoms with Crippen molar-refractivity contribution in [2.45, 2.75) is 20.4 Å². The van der Waals surface area contributed by atoms with Gasteiger partial charge in [-0.3, -0.25) is 10.3 Å². The standard InChI is InChI=1S/C22H25N5O3/c1-5-23-21(28)26-20-11-18-17(15-8-9-24-14(2)10-15)7-6-16(19(18)12-25-20)13-27(3)22(29)30-4/h6-12H,5,13H2,1-4H3,(H2,23,25,26,28). The number of ether oxygens (including phenoxy) is 1. The van der Waals surface area contributed by atoms with Crippen molar-refractivity contribution < 1.29 is 14.3 Å². The number of urea groups is 1. The molecule has 0 unspecified atom stereocenters. The van der Waals surface area contributed by atoms with Crippen LogP contribution in [0, 0.1) is 6.92 Å². The number of pyridine rings is 2. The van der Waals surface area contributed by atoms with E-state index in [1.165, 1.54) is 12.0 Å². The van der Waals surface area contributed by atoms with Crippen molar-refractivity contribution in [3.8, 4) is 11.1 Å². The molecule has 2 heterocycles. The number of methoxy groups -OCH3 is 1. The molecule has 0 aliphatic rings. The third kappa shape index (κ3) is 4.65. The van der Waals surface area contributed by atoms with Crippen LogP contribution in [0.4, 0.5) is 15.4 Å². The fourth-order valence-corrected chi connectivity index (χ4v) is 3.27. The van der Waals surface area contributed by atoms with E-state index in [1.807, 2.05) is 44.2 Å². The molecular formula is C22H25N5O3. The van der Waals surface area contributed by atoms with Crippen molar-refractivity contribution in [3.63, 3.8) is 0 Å². The number of carbonyl (C=O) groups excluding carboxylic acids is 2. The van der Waals surface area contributed by atoms with Crippen LogP contribution in [-0.2, 0) is 11.3 Å². The van der Waals surface area contributed by atoms with Gasteiger partial charge < -0.3 is 15.0 Å². The molecule has 1 aromatic carbocycles. The molecule has 3 rings (SSSR count). The number of amides is 3. The minimum Gasteiger partial charge on any atom is -0.453 e. The van der Waals surface area contributed by atoms with Gasteiger partial charge in [-0.05, 0) is 54.1 Å². The van der Waals surface area contributed by atoms with Gasteiger partial charge in [-0.1, -0.05) is 12.1 Å². The summed E-state index contributed by atoms with van der Waals surface area (Å²) in [6, 6.07) is 9.47. The van der Waals surface area contributed by atoms with E-state index in [-0.39, 0.29) is 6.03 Å². The molecule has 0 spiro atoms. The number of aromatic nitrogens is 2. The molecule has 2 N–H and O–H groups in total. The first-order valence-corrected chi connectivity index (χ1v) is 9.61. The first kappa shape index (κ1) is 21.0. The molecule has 0 bridgehead atoms. The number of hydrogen-bond acceptors (Lipinski definition) is 5. The molecule has 3 aromatic rings. The van der Waals surface area contributed by atoms with Crippen LogP contribution in [0.2, 0.25) is 0 Å². The highest BCUT2D eigenvalue weighted by Crippen LogP contribution is 2.32. The van der Waals surface area contributed by atoms with Crippen molar-refractivity contribution in [1.29, 1.82) is 0 Å². The van der Waals surface area contributed by atoms with Crippen molar-refractivity contribution in [2.75, 3.05) is 26.0 Å². The number of fused-ring (bicyclic) bond motifs is 1. The number of nitrogens with one attached hydrogen (secondary N) is 2. The molecular weight excluding hydrogens is 382 g/mol. The normalized spacial score (nSPS) is 10.5. The Morgan fingerprint density at radius 1 is 1.13 bits per heavy atom. The van der Waals surface area contributed by atoms with E-state index in [1.54, 1.807) is 19.4 Å². The second-order valence-corrected chi connectivity index (χ2v) is 6.88. The highest BCUT2D eigenvalue weighted by atomic mass is 16.5.